The van der Waals surface area contributed by atoms with Crippen molar-refractivity contribution in [3.05, 3.63) is 29.9 Å². The van der Waals surface area contributed by atoms with Crippen molar-refractivity contribution in [3.63, 3.8) is 0 Å². The van der Waals surface area contributed by atoms with Gasteiger partial charge in [0.2, 0.25) is 0 Å². The Labute approximate surface area is 146 Å². The van der Waals surface area contributed by atoms with Gasteiger partial charge in [-0.2, -0.15) is 5.10 Å². The number of rotatable bonds is 4. The van der Waals surface area contributed by atoms with Crippen molar-refractivity contribution in [3.8, 4) is 0 Å². The molecule has 2 aromatic rings. The quantitative estimate of drug-likeness (QED) is 0.925. The van der Waals surface area contributed by atoms with Crippen LogP contribution in [0.3, 0.4) is 0 Å². The summed E-state index contributed by atoms with van der Waals surface area (Å²) in [5, 5.41) is 10.8. The zero-order valence-corrected chi connectivity index (χ0v) is 14.7. The van der Waals surface area contributed by atoms with E-state index in [-0.39, 0.29) is 6.03 Å². The van der Waals surface area contributed by atoms with Gasteiger partial charge in [0.15, 0.2) is 0 Å². The highest BCUT2D eigenvalue weighted by Gasteiger charge is 2.29. The Morgan fingerprint density at radius 2 is 2.12 bits per heavy atom. The molecule has 1 aliphatic carbocycles. The number of carbonyl (C=O) groups excluding carboxylic acids is 1. The van der Waals surface area contributed by atoms with Crippen molar-refractivity contribution >= 4 is 28.1 Å². The first-order chi connectivity index (χ1) is 11.7. The first kappa shape index (κ1) is 15.5. The number of hydrogen-bond acceptors (Lipinski definition) is 4. The molecule has 2 aliphatic rings. The van der Waals surface area contributed by atoms with Crippen LogP contribution in [0.15, 0.2) is 29.9 Å². The minimum atomic E-state index is -0.0283. The lowest BCUT2D eigenvalue weighted by Crippen LogP contribution is -2.49. The summed E-state index contributed by atoms with van der Waals surface area (Å²) in [7, 11) is 0. The van der Waals surface area contributed by atoms with Crippen molar-refractivity contribution in [1.29, 1.82) is 0 Å². The predicted octanol–water partition coefficient (Wildman–Crippen LogP) is 3.27. The molecule has 2 amide bonds. The van der Waals surface area contributed by atoms with E-state index in [1.807, 2.05) is 15.8 Å². The molecule has 3 heterocycles. The summed E-state index contributed by atoms with van der Waals surface area (Å²) in [5.41, 5.74) is 0.785. The fourth-order valence-corrected chi connectivity index (χ4v) is 3.99. The van der Waals surface area contributed by atoms with Gasteiger partial charge < -0.3 is 15.1 Å². The molecule has 1 atom stereocenters. The Hall–Kier alpha value is -2.02. The van der Waals surface area contributed by atoms with Crippen molar-refractivity contribution in [2.45, 2.75) is 25.8 Å². The number of aromatic nitrogens is 2. The van der Waals surface area contributed by atoms with Gasteiger partial charge in [0.25, 0.3) is 0 Å². The van der Waals surface area contributed by atoms with E-state index in [2.05, 4.69) is 39.8 Å². The third kappa shape index (κ3) is 3.26. The number of anilines is 2. The summed E-state index contributed by atoms with van der Waals surface area (Å²) in [5.74, 6) is 0.749. The molecule has 2 aromatic heterocycles. The van der Waals surface area contributed by atoms with Crippen LogP contribution in [0, 0.1) is 5.92 Å². The van der Waals surface area contributed by atoms with E-state index in [4.69, 9.17) is 0 Å². The summed E-state index contributed by atoms with van der Waals surface area (Å²) in [6.07, 6.45) is 6.27. The molecule has 7 heteroatoms. The average Bonchev–Trinajstić information content (AvgIpc) is 3.10. The van der Waals surface area contributed by atoms with Gasteiger partial charge in [-0.1, -0.05) is 0 Å². The third-order valence-electron chi connectivity index (χ3n) is 4.96. The average molecular weight is 345 g/mol. The molecule has 0 bridgehead atoms. The number of amides is 2. The lowest BCUT2D eigenvalue weighted by Gasteiger charge is -2.35. The Morgan fingerprint density at radius 3 is 2.79 bits per heavy atom. The number of nitrogens with zero attached hydrogens (tertiary/aromatic N) is 4. The van der Waals surface area contributed by atoms with E-state index in [1.165, 1.54) is 17.8 Å². The number of hydrogen-bond donors (Lipinski definition) is 1. The standard InChI is InChI=1S/C17H23N5OS/c1-13(14-4-5-14)22-12-15(11-18-22)19-17(23)21-8-6-20(7-9-21)16-3-2-10-24-16/h2-3,10-14H,4-9H2,1H3,(H,19,23)/t13-/m0/s1. The molecule has 128 valence electrons. The van der Waals surface area contributed by atoms with Crippen LogP contribution < -0.4 is 10.2 Å². The van der Waals surface area contributed by atoms with Gasteiger partial charge in [-0.05, 0) is 43.2 Å². The summed E-state index contributed by atoms with van der Waals surface area (Å²) in [6.45, 7) is 5.45. The number of piperazine rings is 1. The van der Waals surface area contributed by atoms with Crippen LogP contribution in [0.2, 0.25) is 0 Å². The molecule has 0 spiro atoms. The zero-order chi connectivity index (χ0) is 16.5. The smallest absolute Gasteiger partial charge is 0.322 e. The van der Waals surface area contributed by atoms with E-state index in [1.54, 1.807) is 17.5 Å². The minimum Gasteiger partial charge on any atom is -0.360 e. The Kier molecular flexibility index (Phi) is 4.18. The Bertz CT molecular complexity index is 686. The third-order valence-corrected chi connectivity index (χ3v) is 5.89. The van der Waals surface area contributed by atoms with E-state index < -0.39 is 0 Å². The minimum absolute atomic E-state index is 0.0283. The van der Waals surface area contributed by atoms with Gasteiger partial charge in [0.05, 0.1) is 22.9 Å². The number of urea groups is 1. The summed E-state index contributed by atoms with van der Waals surface area (Å²) < 4.78 is 1.97. The molecule has 6 nitrogen and oxygen atoms in total. The molecule has 0 radical (unpaired) electrons. The first-order valence-electron chi connectivity index (χ1n) is 8.59. The van der Waals surface area contributed by atoms with Crippen LogP contribution in [0.25, 0.3) is 0 Å². The van der Waals surface area contributed by atoms with Gasteiger partial charge in [-0.3, -0.25) is 4.68 Å². The summed E-state index contributed by atoms with van der Waals surface area (Å²) in [4.78, 5) is 16.7. The molecular formula is C17H23N5OS. The van der Waals surface area contributed by atoms with Crippen LogP contribution in [-0.4, -0.2) is 46.9 Å². The molecule has 1 aliphatic heterocycles. The Balaban J connectivity index is 1.30. The number of nitrogens with one attached hydrogen (secondary N) is 1. The molecule has 1 saturated carbocycles. The molecular weight excluding hydrogens is 322 g/mol. The highest BCUT2D eigenvalue weighted by Crippen LogP contribution is 2.39. The normalized spacial score (nSPS) is 19.4. The molecule has 1 saturated heterocycles. The molecule has 24 heavy (non-hydrogen) atoms. The van der Waals surface area contributed by atoms with E-state index in [0.717, 1.165) is 37.8 Å². The molecule has 1 N–H and O–H groups in total. The second-order valence-electron chi connectivity index (χ2n) is 6.64. The summed E-state index contributed by atoms with van der Waals surface area (Å²) in [6, 6.07) is 4.60. The summed E-state index contributed by atoms with van der Waals surface area (Å²) >= 11 is 1.75. The van der Waals surface area contributed by atoms with Crippen molar-refractivity contribution in [2.75, 3.05) is 36.4 Å². The highest BCUT2D eigenvalue weighted by molar-refractivity contribution is 7.14. The van der Waals surface area contributed by atoms with E-state index in [9.17, 15) is 4.79 Å². The van der Waals surface area contributed by atoms with Gasteiger partial charge in [-0.15, -0.1) is 11.3 Å². The number of thiophene rings is 1. The first-order valence-corrected chi connectivity index (χ1v) is 9.47. The van der Waals surface area contributed by atoms with Crippen LogP contribution in [0.5, 0.6) is 0 Å². The van der Waals surface area contributed by atoms with Gasteiger partial charge in [0, 0.05) is 32.4 Å². The van der Waals surface area contributed by atoms with Crippen molar-refractivity contribution in [1.82, 2.24) is 14.7 Å². The Morgan fingerprint density at radius 1 is 1.33 bits per heavy atom. The second-order valence-corrected chi connectivity index (χ2v) is 7.57. The van der Waals surface area contributed by atoms with E-state index in [0.29, 0.717) is 6.04 Å². The largest absolute Gasteiger partial charge is 0.360 e. The van der Waals surface area contributed by atoms with Crippen LogP contribution in [0.4, 0.5) is 15.5 Å². The van der Waals surface area contributed by atoms with Crippen LogP contribution in [0.1, 0.15) is 25.8 Å². The fraction of sp³-hybridized carbons (Fsp3) is 0.529. The van der Waals surface area contributed by atoms with Crippen molar-refractivity contribution in [2.24, 2.45) is 5.92 Å². The maximum atomic E-state index is 12.4. The highest BCUT2D eigenvalue weighted by atomic mass is 32.1. The monoisotopic (exact) mass is 345 g/mol. The van der Waals surface area contributed by atoms with Crippen LogP contribution in [-0.2, 0) is 0 Å². The lowest BCUT2D eigenvalue weighted by molar-refractivity contribution is 0.208. The predicted molar refractivity (Wildman–Crippen MR) is 96.8 cm³/mol. The van der Waals surface area contributed by atoms with Crippen molar-refractivity contribution < 1.29 is 4.79 Å². The topological polar surface area (TPSA) is 53.4 Å². The second kappa shape index (κ2) is 6.47. The van der Waals surface area contributed by atoms with Gasteiger partial charge >= 0.3 is 6.03 Å². The molecule has 2 fully saturated rings. The van der Waals surface area contributed by atoms with Gasteiger partial charge in [0.1, 0.15) is 0 Å². The maximum absolute atomic E-state index is 12.4. The molecule has 4 rings (SSSR count). The van der Waals surface area contributed by atoms with Gasteiger partial charge in [-0.25, -0.2) is 4.79 Å². The molecule has 0 aromatic carbocycles. The number of carbonyl (C=O) groups is 1. The fourth-order valence-electron chi connectivity index (χ4n) is 3.20. The van der Waals surface area contributed by atoms with Crippen LogP contribution >= 0.6 is 11.3 Å². The SMILES string of the molecule is C[C@@H](C1CC1)n1cc(NC(=O)N2CCN(c3cccs3)CC2)cn1. The lowest BCUT2D eigenvalue weighted by atomic mass is 10.2. The molecule has 0 unspecified atom stereocenters. The maximum Gasteiger partial charge on any atom is 0.322 e. The zero-order valence-electron chi connectivity index (χ0n) is 13.9. The van der Waals surface area contributed by atoms with E-state index >= 15 is 0 Å².